The zero-order valence-electron chi connectivity index (χ0n) is 9.59. The summed E-state index contributed by atoms with van der Waals surface area (Å²) in [7, 11) is 0. The molecule has 0 spiro atoms. The van der Waals surface area contributed by atoms with Gasteiger partial charge >= 0.3 is 6.03 Å². The highest BCUT2D eigenvalue weighted by Crippen LogP contribution is 1.93. The van der Waals surface area contributed by atoms with Gasteiger partial charge in [0.1, 0.15) is 0 Å². The second-order valence-electron chi connectivity index (χ2n) is 3.84. The third-order valence-corrected chi connectivity index (χ3v) is 1.53. The van der Waals surface area contributed by atoms with Crippen LogP contribution in [0.3, 0.4) is 0 Å². The number of rotatable bonds is 6. The van der Waals surface area contributed by atoms with Gasteiger partial charge in [-0.15, -0.1) is 0 Å². The third-order valence-electron chi connectivity index (χ3n) is 1.53. The molecule has 0 aromatic carbocycles. The summed E-state index contributed by atoms with van der Waals surface area (Å²) in [5.41, 5.74) is 0. The quantitative estimate of drug-likeness (QED) is 0.683. The number of hydrogen-bond acceptors (Lipinski definition) is 2. The molecule has 0 unspecified atom stereocenters. The van der Waals surface area contributed by atoms with Crippen LogP contribution in [-0.4, -0.2) is 31.8 Å². The van der Waals surface area contributed by atoms with Crippen molar-refractivity contribution in [2.45, 2.75) is 33.7 Å². The lowest BCUT2D eigenvalue weighted by molar-refractivity contribution is 0.0954. The van der Waals surface area contributed by atoms with Crippen LogP contribution in [0.1, 0.15) is 27.7 Å². The molecule has 0 saturated heterocycles. The topological polar surface area (TPSA) is 50.4 Å². The summed E-state index contributed by atoms with van der Waals surface area (Å²) < 4.78 is 5.39. The maximum absolute atomic E-state index is 11.1. The maximum atomic E-state index is 11.1. The first-order chi connectivity index (χ1) is 6.56. The molecular weight excluding hydrogens is 180 g/mol. The minimum atomic E-state index is -0.131. The molecule has 0 radical (unpaired) electrons. The minimum absolute atomic E-state index is 0.0558. The van der Waals surface area contributed by atoms with Crippen molar-refractivity contribution < 1.29 is 9.53 Å². The normalized spacial score (nSPS) is 12.6. The number of nitrogens with one attached hydrogen (secondary N) is 2. The van der Waals surface area contributed by atoms with E-state index in [1.165, 1.54) is 0 Å². The van der Waals surface area contributed by atoms with Gasteiger partial charge in [-0.3, -0.25) is 0 Å². The average Bonchev–Trinajstić information content (AvgIpc) is 2.03. The fourth-order valence-corrected chi connectivity index (χ4v) is 0.958. The van der Waals surface area contributed by atoms with Crippen molar-refractivity contribution >= 4 is 6.03 Å². The van der Waals surface area contributed by atoms with Gasteiger partial charge in [0.05, 0.1) is 12.6 Å². The van der Waals surface area contributed by atoms with Crippen molar-refractivity contribution in [3.63, 3.8) is 0 Å². The summed E-state index contributed by atoms with van der Waals surface area (Å²) in [4.78, 5) is 11.1. The van der Waals surface area contributed by atoms with Crippen molar-refractivity contribution in [2.24, 2.45) is 5.92 Å². The Labute approximate surface area is 86.4 Å². The van der Waals surface area contributed by atoms with Crippen molar-refractivity contribution in [1.29, 1.82) is 0 Å². The van der Waals surface area contributed by atoms with Gasteiger partial charge in [-0.1, -0.05) is 13.8 Å². The molecule has 4 nitrogen and oxygen atoms in total. The van der Waals surface area contributed by atoms with Crippen molar-refractivity contribution in [3.05, 3.63) is 0 Å². The van der Waals surface area contributed by atoms with Crippen molar-refractivity contribution in [1.82, 2.24) is 10.6 Å². The summed E-state index contributed by atoms with van der Waals surface area (Å²) in [6, 6.07) is -0.0755. The van der Waals surface area contributed by atoms with Crippen LogP contribution >= 0.6 is 0 Å². The zero-order valence-corrected chi connectivity index (χ0v) is 9.59. The second-order valence-corrected chi connectivity index (χ2v) is 3.84. The second kappa shape index (κ2) is 7.62. The largest absolute Gasteiger partial charge is 0.379 e. The number of carbonyl (C=O) groups excluding carboxylic acids is 1. The standard InChI is InChI=1S/C10H22N2O2/c1-5-11-10(13)12-9(4)7-14-6-8(2)3/h8-9H,5-7H2,1-4H3,(H2,11,12,13)/t9-/m0/s1. The molecule has 0 aromatic rings. The van der Waals surface area contributed by atoms with Crippen LogP contribution in [0.2, 0.25) is 0 Å². The summed E-state index contributed by atoms with van der Waals surface area (Å²) in [6.45, 7) is 9.96. The first-order valence-corrected chi connectivity index (χ1v) is 5.18. The molecule has 0 aliphatic heterocycles. The van der Waals surface area contributed by atoms with Crippen LogP contribution in [0.15, 0.2) is 0 Å². The SMILES string of the molecule is CCNC(=O)N[C@@H](C)COCC(C)C. The molecule has 0 fully saturated rings. The lowest BCUT2D eigenvalue weighted by Crippen LogP contribution is -2.42. The molecule has 2 amide bonds. The van der Waals surface area contributed by atoms with Gasteiger partial charge in [0, 0.05) is 13.2 Å². The maximum Gasteiger partial charge on any atom is 0.315 e. The Hall–Kier alpha value is -0.770. The van der Waals surface area contributed by atoms with Gasteiger partial charge in [-0.05, 0) is 19.8 Å². The Bertz CT molecular complexity index is 160. The van der Waals surface area contributed by atoms with Crippen molar-refractivity contribution in [3.8, 4) is 0 Å². The van der Waals surface area contributed by atoms with Crippen LogP contribution in [0.5, 0.6) is 0 Å². The van der Waals surface area contributed by atoms with Crippen molar-refractivity contribution in [2.75, 3.05) is 19.8 Å². The van der Waals surface area contributed by atoms with Gasteiger partial charge in [-0.25, -0.2) is 4.79 Å². The first kappa shape index (κ1) is 13.2. The van der Waals surface area contributed by atoms with E-state index in [9.17, 15) is 4.79 Å². The smallest absolute Gasteiger partial charge is 0.315 e. The van der Waals surface area contributed by atoms with Crippen LogP contribution in [0.25, 0.3) is 0 Å². The Morgan fingerprint density at radius 2 is 1.93 bits per heavy atom. The Morgan fingerprint density at radius 1 is 1.29 bits per heavy atom. The van der Waals surface area contributed by atoms with Crippen LogP contribution < -0.4 is 10.6 Å². The monoisotopic (exact) mass is 202 g/mol. The van der Waals surface area contributed by atoms with Gasteiger partial charge in [0.15, 0.2) is 0 Å². The number of carbonyl (C=O) groups is 1. The lowest BCUT2D eigenvalue weighted by atomic mass is 10.2. The van der Waals surface area contributed by atoms with E-state index in [1.54, 1.807) is 0 Å². The lowest BCUT2D eigenvalue weighted by Gasteiger charge is -2.15. The molecule has 0 heterocycles. The molecule has 0 bridgehead atoms. The van der Waals surface area contributed by atoms with E-state index in [0.29, 0.717) is 19.1 Å². The van der Waals surface area contributed by atoms with Crippen LogP contribution in [-0.2, 0) is 4.74 Å². The number of amides is 2. The number of hydrogen-bond donors (Lipinski definition) is 2. The molecule has 1 atom stereocenters. The van der Waals surface area contributed by atoms with Crippen LogP contribution in [0.4, 0.5) is 4.79 Å². The first-order valence-electron chi connectivity index (χ1n) is 5.18. The molecular formula is C10H22N2O2. The summed E-state index contributed by atoms with van der Waals surface area (Å²) in [5, 5.41) is 5.45. The molecule has 2 N–H and O–H groups in total. The average molecular weight is 202 g/mol. The summed E-state index contributed by atoms with van der Waals surface area (Å²) in [5.74, 6) is 0.534. The highest BCUT2D eigenvalue weighted by atomic mass is 16.5. The van der Waals surface area contributed by atoms with E-state index in [0.717, 1.165) is 6.61 Å². The molecule has 0 aromatic heterocycles. The minimum Gasteiger partial charge on any atom is -0.379 e. The Kier molecular flexibility index (Phi) is 7.20. The third kappa shape index (κ3) is 7.86. The molecule has 0 saturated carbocycles. The molecule has 0 aliphatic carbocycles. The van der Waals surface area contributed by atoms with E-state index in [1.807, 2.05) is 13.8 Å². The fourth-order valence-electron chi connectivity index (χ4n) is 0.958. The number of urea groups is 1. The van der Waals surface area contributed by atoms with E-state index < -0.39 is 0 Å². The molecule has 0 aliphatic rings. The molecule has 4 heteroatoms. The Balaban J connectivity index is 3.44. The van der Waals surface area contributed by atoms with Gasteiger partial charge < -0.3 is 15.4 Å². The van der Waals surface area contributed by atoms with E-state index in [4.69, 9.17) is 4.74 Å². The predicted octanol–water partition coefficient (Wildman–Crippen LogP) is 1.37. The fraction of sp³-hybridized carbons (Fsp3) is 0.900. The Morgan fingerprint density at radius 3 is 2.43 bits per heavy atom. The number of ether oxygens (including phenoxy) is 1. The highest BCUT2D eigenvalue weighted by molar-refractivity contribution is 5.74. The summed E-state index contributed by atoms with van der Waals surface area (Å²) >= 11 is 0. The molecule has 84 valence electrons. The molecule has 0 rings (SSSR count). The van der Waals surface area contributed by atoms with E-state index in [2.05, 4.69) is 24.5 Å². The van der Waals surface area contributed by atoms with Gasteiger partial charge in [-0.2, -0.15) is 0 Å². The van der Waals surface area contributed by atoms with Gasteiger partial charge in [0.2, 0.25) is 0 Å². The summed E-state index contributed by atoms with van der Waals surface area (Å²) in [6.07, 6.45) is 0. The highest BCUT2D eigenvalue weighted by Gasteiger charge is 2.05. The van der Waals surface area contributed by atoms with Gasteiger partial charge in [0.25, 0.3) is 0 Å². The van der Waals surface area contributed by atoms with E-state index in [-0.39, 0.29) is 12.1 Å². The van der Waals surface area contributed by atoms with E-state index >= 15 is 0 Å². The molecule has 14 heavy (non-hydrogen) atoms. The van der Waals surface area contributed by atoms with Crippen LogP contribution in [0, 0.1) is 5.92 Å². The zero-order chi connectivity index (χ0) is 11.0. The predicted molar refractivity (Wildman–Crippen MR) is 57.3 cm³/mol.